The van der Waals surface area contributed by atoms with E-state index in [-0.39, 0.29) is 35.6 Å². The Balaban J connectivity index is 2.07. The van der Waals surface area contributed by atoms with Crippen molar-refractivity contribution in [2.75, 3.05) is 0 Å². The van der Waals surface area contributed by atoms with Gasteiger partial charge in [-0.2, -0.15) is 0 Å². The molecule has 4 unspecified atom stereocenters. The third kappa shape index (κ3) is 0.534. The van der Waals surface area contributed by atoms with Gasteiger partial charge in [0.1, 0.15) is 12.2 Å². The lowest BCUT2D eigenvalue weighted by atomic mass is 9.73. The summed E-state index contributed by atoms with van der Waals surface area (Å²) in [6.07, 6.45) is 1.20. The zero-order valence-corrected chi connectivity index (χ0v) is 7.24. The molecule has 3 heterocycles. The van der Waals surface area contributed by atoms with Gasteiger partial charge in [-0.1, -0.05) is 13.8 Å². The molecule has 3 nitrogen and oxygen atoms in total. The van der Waals surface area contributed by atoms with Crippen molar-refractivity contribution in [3.05, 3.63) is 0 Å². The van der Waals surface area contributed by atoms with Crippen molar-refractivity contribution >= 4 is 5.97 Å². The predicted octanol–water partition coefficient (Wildman–Crippen LogP) is 0.725. The lowest BCUT2D eigenvalue weighted by molar-refractivity contribution is -0.145. The highest BCUT2D eigenvalue weighted by atomic mass is 16.6. The maximum Gasteiger partial charge on any atom is 0.312 e. The van der Waals surface area contributed by atoms with Crippen molar-refractivity contribution in [3.8, 4) is 0 Å². The van der Waals surface area contributed by atoms with Crippen molar-refractivity contribution in [2.45, 2.75) is 38.6 Å². The standard InChI is InChI=1S/C9H12O3/c1-9(2)5-3-4-6(11-5)7(9)12-8(4)10/h4-7H,3H2,1-2H3. The van der Waals surface area contributed by atoms with Crippen LogP contribution in [-0.4, -0.2) is 24.3 Å². The summed E-state index contributed by atoms with van der Waals surface area (Å²) in [4.78, 5) is 11.3. The van der Waals surface area contributed by atoms with Crippen LogP contribution in [-0.2, 0) is 14.3 Å². The second-order valence-corrected chi connectivity index (χ2v) is 4.61. The van der Waals surface area contributed by atoms with E-state index < -0.39 is 0 Å². The molecule has 0 N–H and O–H groups in total. The van der Waals surface area contributed by atoms with Gasteiger partial charge in [0.15, 0.2) is 0 Å². The Morgan fingerprint density at radius 3 is 2.83 bits per heavy atom. The van der Waals surface area contributed by atoms with Crippen LogP contribution < -0.4 is 0 Å². The van der Waals surface area contributed by atoms with Crippen LogP contribution >= 0.6 is 0 Å². The Morgan fingerprint density at radius 2 is 2.25 bits per heavy atom. The number of fused-ring (bicyclic) bond motifs is 1. The fraction of sp³-hybridized carbons (Fsp3) is 0.889. The molecule has 0 aliphatic carbocycles. The molecule has 0 saturated carbocycles. The number of esters is 1. The molecule has 3 fully saturated rings. The van der Waals surface area contributed by atoms with Crippen LogP contribution in [0, 0.1) is 11.3 Å². The number of ether oxygens (including phenoxy) is 2. The molecule has 0 aromatic heterocycles. The van der Waals surface area contributed by atoms with E-state index in [4.69, 9.17) is 9.47 Å². The second-order valence-electron chi connectivity index (χ2n) is 4.61. The Bertz CT molecular complexity index is 258. The van der Waals surface area contributed by atoms with Crippen molar-refractivity contribution in [1.82, 2.24) is 0 Å². The first-order valence-corrected chi connectivity index (χ1v) is 4.46. The van der Waals surface area contributed by atoms with Crippen LogP contribution in [0.4, 0.5) is 0 Å². The summed E-state index contributed by atoms with van der Waals surface area (Å²) in [6, 6.07) is 0. The van der Waals surface area contributed by atoms with Crippen LogP contribution in [0.25, 0.3) is 0 Å². The molecule has 66 valence electrons. The molecule has 3 rings (SSSR count). The summed E-state index contributed by atoms with van der Waals surface area (Å²) >= 11 is 0. The number of carbonyl (C=O) groups excluding carboxylic acids is 1. The molecule has 3 heteroatoms. The van der Waals surface area contributed by atoms with Crippen molar-refractivity contribution < 1.29 is 14.3 Å². The fourth-order valence-corrected chi connectivity index (χ4v) is 2.73. The van der Waals surface area contributed by atoms with E-state index in [9.17, 15) is 4.79 Å². The first-order chi connectivity index (χ1) is 5.60. The molecule has 0 aromatic rings. The maximum atomic E-state index is 11.3. The van der Waals surface area contributed by atoms with Gasteiger partial charge in [-0.15, -0.1) is 0 Å². The molecule has 0 amide bonds. The van der Waals surface area contributed by atoms with Gasteiger partial charge in [0.25, 0.3) is 0 Å². The van der Waals surface area contributed by atoms with Gasteiger partial charge in [0.2, 0.25) is 0 Å². The van der Waals surface area contributed by atoms with Crippen molar-refractivity contribution in [1.29, 1.82) is 0 Å². The normalized spacial score (nSPS) is 53.0. The van der Waals surface area contributed by atoms with Crippen molar-refractivity contribution in [2.24, 2.45) is 11.3 Å². The minimum Gasteiger partial charge on any atom is -0.459 e. The third-order valence-electron chi connectivity index (χ3n) is 3.59. The predicted molar refractivity (Wildman–Crippen MR) is 40.4 cm³/mol. The van der Waals surface area contributed by atoms with E-state index in [0.717, 1.165) is 6.42 Å². The highest BCUT2D eigenvalue weighted by Crippen LogP contribution is 2.55. The third-order valence-corrected chi connectivity index (χ3v) is 3.59. The van der Waals surface area contributed by atoms with E-state index in [0.29, 0.717) is 0 Å². The molecule has 0 radical (unpaired) electrons. The van der Waals surface area contributed by atoms with Gasteiger partial charge in [-0.3, -0.25) is 4.79 Å². The van der Waals surface area contributed by atoms with Gasteiger partial charge in [0.05, 0.1) is 12.0 Å². The van der Waals surface area contributed by atoms with Gasteiger partial charge in [-0.25, -0.2) is 0 Å². The average Bonchev–Trinajstić information content (AvgIpc) is 2.53. The summed E-state index contributed by atoms with van der Waals surface area (Å²) in [7, 11) is 0. The summed E-state index contributed by atoms with van der Waals surface area (Å²) in [5.74, 6) is 0.00565. The lowest BCUT2D eigenvalue weighted by Crippen LogP contribution is -2.39. The molecule has 0 spiro atoms. The van der Waals surface area contributed by atoms with Crippen LogP contribution in [0.2, 0.25) is 0 Å². The highest BCUT2D eigenvalue weighted by molar-refractivity contribution is 5.77. The van der Waals surface area contributed by atoms with E-state index >= 15 is 0 Å². The molecule has 3 aliphatic heterocycles. The summed E-state index contributed by atoms with van der Waals surface area (Å²) < 4.78 is 11.0. The number of rotatable bonds is 0. The summed E-state index contributed by atoms with van der Waals surface area (Å²) in [5, 5.41) is 0. The van der Waals surface area contributed by atoms with Gasteiger partial charge < -0.3 is 9.47 Å². The largest absolute Gasteiger partial charge is 0.459 e. The number of hydrogen-bond donors (Lipinski definition) is 0. The average molecular weight is 168 g/mol. The molecule has 3 aliphatic rings. The van der Waals surface area contributed by atoms with E-state index in [1.165, 1.54) is 0 Å². The maximum absolute atomic E-state index is 11.3. The molecular formula is C9H12O3. The minimum atomic E-state index is -0.0434. The zero-order valence-electron chi connectivity index (χ0n) is 7.24. The number of carbonyl (C=O) groups is 1. The zero-order chi connectivity index (χ0) is 8.51. The van der Waals surface area contributed by atoms with Gasteiger partial charge in [0, 0.05) is 5.41 Å². The molecule has 3 saturated heterocycles. The molecule has 2 bridgehead atoms. The van der Waals surface area contributed by atoms with Crippen LogP contribution in [0.5, 0.6) is 0 Å². The Morgan fingerprint density at radius 1 is 1.50 bits per heavy atom. The monoisotopic (exact) mass is 168 g/mol. The second kappa shape index (κ2) is 1.69. The SMILES string of the molecule is CC1(C)C2CC3C(=O)OC1C3O2. The molecular weight excluding hydrogens is 156 g/mol. The Hall–Kier alpha value is -0.570. The Labute approximate surface area is 71.0 Å². The molecule has 12 heavy (non-hydrogen) atoms. The van der Waals surface area contributed by atoms with E-state index in [1.54, 1.807) is 0 Å². The molecule has 4 atom stereocenters. The van der Waals surface area contributed by atoms with E-state index in [2.05, 4.69) is 13.8 Å². The number of hydrogen-bond acceptors (Lipinski definition) is 3. The minimum absolute atomic E-state index is 0.0220. The van der Waals surface area contributed by atoms with Crippen LogP contribution in [0.3, 0.4) is 0 Å². The smallest absolute Gasteiger partial charge is 0.312 e. The lowest BCUT2D eigenvalue weighted by Gasteiger charge is -2.29. The first kappa shape index (κ1) is 6.89. The van der Waals surface area contributed by atoms with Crippen LogP contribution in [0.1, 0.15) is 20.3 Å². The summed E-state index contributed by atoms with van der Waals surface area (Å²) in [6.45, 7) is 4.24. The van der Waals surface area contributed by atoms with Crippen molar-refractivity contribution in [3.63, 3.8) is 0 Å². The highest BCUT2D eigenvalue weighted by Gasteiger charge is 2.66. The van der Waals surface area contributed by atoms with Gasteiger partial charge >= 0.3 is 5.97 Å². The topological polar surface area (TPSA) is 35.5 Å². The first-order valence-electron chi connectivity index (χ1n) is 4.46. The molecule has 0 aromatic carbocycles. The summed E-state index contributed by atoms with van der Waals surface area (Å²) in [5.41, 5.74) is 0.0350. The van der Waals surface area contributed by atoms with Gasteiger partial charge in [-0.05, 0) is 6.42 Å². The van der Waals surface area contributed by atoms with Crippen LogP contribution in [0.15, 0.2) is 0 Å². The fourth-order valence-electron chi connectivity index (χ4n) is 2.73. The van der Waals surface area contributed by atoms with E-state index in [1.807, 2.05) is 0 Å². The quantitative estimate of drug-likeness (QED) is 0.500. The Kier molecular flexibility index (Phi) is 0.971.